The number of nitrogens with zero attached hydrogens (tertiary/aromatic N) is 3. The second-order valence-electron chi connectivity index (χ2n) is 10.7. The Kier molecular flexibility index (Phi) is 5.88. The van der Waals surface area contributed by atoms with Crippen molar-refractivity contribution in [3.63, 3.8) is 0 Å². The smallest absolute Gasteiger partial charge is 0.262 e. The predicted molar refractivity (Wildman–Crippen MR) is 144 cm³/mol. The highest BCUT2D eigenvalue weighted by atomic mass is 16.2. The number of nitrogens with one attached hydrogen (secondary N) is 1. The average Bonchev–Trinajstić information content (AvgIpc) is 3.47. The molecule has 0 aromatic heterocycles. The summed E-state index contributed by atoms with van der Waals surface area (Å²) in [4.78, 5) is 55.7. The molecule has 3 aromatic carbocycles. The predicted octanol–water partition coefficient (Wildman–Crippen LogP) is 3.25. The van der Waals surface area contributed by atoms with Crippen LogP contribution in [0.1, 0.15) is 50.3 Å². The number of rotatable bonds is 4. The molecule has 3 aliphatic heterocycles. The highest BCUT2D eigenvalue weighted by molar-refractivity contribution is 6.10. The summed E-state index contributed by atoms with van der Waals surface area (Å²) in [6.45, 7) is 6.02. The number of carbonyl (C=O) groups is 4. The Balaban J connectivity index is 1.54. The number of hydrazine groups is 1. The van der Waals surface area contributed by atoms with Crippen molar-refractivity contribution in [3.05, 3.63) is 106 Å². The lowest BCUT2D eigenvalue weighted by atomic mass is 9.83. The molecule has 3 aliphatic rings. The van der Waals surface area contributed by atoms with Crippen molar-refractivity contribution in [1.82, 2.24) is 20.2 Å². The highest BCUT2D eigenvalue weighted by Gasteiger charge is 2.68. The number of fused-ring (bicyclic) bond motifs is 3. The van der Waals surface area contributed by atoms with Gasteiger partial charge in [-0.05, 0) is 55.2 Å². The number of amides is 4. The van der Waals surface area contributed by atoms with E-state index in [-0.39, 0.29) is 11.8 Å². The summed E-state index contributed by atoms with van der Waals surface area (Å²) >= 11 is 0. The zero-order valence-corrected chi connectivity index (χ0v) is 22.3. The van der Waals surface area contributed by atoms with Crippen molar-refractivity contribution in [2.75, 3.05) is 7.05 Å². The Morgan fingerprint density at radius 3 is 1.95 bits per heavy atom. The van der Waals surface area contributed by atoms with Crippen LogP contribution in [-0.4, -0.2) is 57.7 Å². The lowest BCUT2D eigenvalue weighted by Crippen LogP contribution is -2.48. The molecule has 0 aliphatic carbocycles. The molecule has 3 saturated heterocycles. The first-order valence-corrected chi connectivity index (χ1v) is 13.1. The van der Waals surface area contributed by atoms with E-state index in [1.54, 1.807) is 24.3 Å². The first kappa shape index (κ1) is 25.0. The third-order valence-corrected chi connectivity index (χ3v) is 8.27. The van der Waals surface area contributed by atoms with Gasteiger partial charge < -0.3 is 5.32 Å². The summed E-state index contributed by atoms with van der Waals surface area (Å²) in [6, 6.07) is 19.3. The van der Waals surface area contributed by atoms with Crippen LogP contribution < -0.4 is 5.32 Å². The molecule has 0 unspecified atom stereocenters. The Morgan fingerprint density at radius 1 is 0.744 bits per heavy atom. The number of hydrogen-bond acceptors (Lipinski definition) is 5. The van der Waals surface area contributed by atoms with Gasteiger partial charge >= 0.3 is 0 Å². The summed E-state index contributed by atoms with van der Waals surface area (Å²) in [5.74, 6) is -2.23. The van der Waals surface area contributed by atoms with Gasteiger partial charge in [0, 0.05) is 12.6 Å². The van der Waals surface area contributed by atoms with Gasteiger partial charge in [-0.15, -0.1) is 0 Å². The lowest BCUT2D eigenvalue weighted by molar-refractivity contribution is -0.151. The SMILES string of the molecule is Cc1cc(C)c([C@@H]2[C@H]3C(=O)N(C)C(=O)[C@H]3N3C(=O)[C@H](NC(=O)c4ccccc4)[C@@H](c4ccccc4)N23)c(C)c1. The lowest BCUT2D eigenvalue weighted by Gasteiger charge is -2.35. The number of likely N-dealkylation sites (tertiary alicyclic amines) is 1. The fourth-order valence-corrected chi connectivity index (χ4v) is 6.73. The molecule has 39 heavy (non-hydrogen) atoms. The summed E-state index contributed by atoms with van der Waals surface area (Å²) < 4.78 is 0. The third-order valence-electron chi connectivity index (χ3n) is 8.27. The van der Waals surface area contributed by atoms with E-state index < -0.39 is 41.9 Å². The zero-order valence-electron chi connectivity index (χ0n) is 22.3. The molecule has 3 heterocycles. The molecule has 3 fully saturated rings. The maximum absolute atomic E-state index is 14.2. The number of imide groups is 1. The molecule has 8 heteroatoms. The van der Waals surface area contributed by atoms with E-state index in [4.69, 9.17) is 0 Å². The molecular formula is C31H30N4O4. The molecule has 4 amide bonds. The van der Waals surface area contributed by atoms with Gasteiger partial charge in [0.25, 0.3) is 17.7 Å². The van der Waals surface area contributed by atoms with E-state index in [1.165, 1.54) is 12.1 Å². The summed E-state index contributed by atoms with van der Waals surface area (Å²) in [5.41, 5.74) is 5.25. The summed E-state index contributed by atoms with van der Waals surface area (Å²) in [7, 11) is 1.48. The first-order chi connectivity index (χ1) is 18.7. The molecule has 198 valence electrons. The highest BCUT2D eigenvalue weighted by Crippen LogP contribution is 2.55. The number of likely N-dealkylation sites (N-methyl/N-ethyl adjacent to an activating group) is 1. The van der Waals surface area contributed by atoms with Crippen LogP contribution in [0.2, 0.25) is 0 Å². The second kappa shape index (κ2) is 9.17. The standard InChI is InChI=1S/C31H30N4O4/c1-17-15-18(2)22(19(3)16-17)26-23-27(31(39)33(4)29(23)37)35-30(38)24(32-28(36)21-13-9-6-10-14-21)25(34(26)35)20-11-7-5-8-12-20/h5-16,23-27H,1-4H3,(H,32,36)/t23-,24-,25-,26-,27+/m1/s1. The average molecular weight is 523 g/mol. The molecule has 0 spiro atoms. The van der Waals surface area contributed by atoms with E-state index >= 15 is 0 Å². The van der Waals surface area contributed by atoms with Crippen LogP contribution >= 0.6 is 0 Å². The Morgan fingerprint density at radius 2 is 1.33 bits per heavy atom. The molecule has 0 saturated carbocycles. The van der Waals surface area contributed by atoms with Crippen LogP contribution in [0, 0.1) is 26.7 Å². The van der Waals surface area contributed by atoms with Gasteiger partial charge in [0.15, 0.2) is 0 Å². The number of benzene rings is 3. The largest absolute Gasteiger partial charge is 0.338 e. The maximum atomic E-state index is 14.2. The zero-order chi connectivity index (χ0) is 27.6. The van der Waals surface area contributed by atoms with Gasteiger partial charge in [0.1, 0.15) is 12.1 Å². The van der Waals surface area contributed by atoms with Crippen LogP contribution in [0.25, 0.3) is 0 Å². The van der Waals surface area contributed by atoms with Gasteiger partial charge in [0.05, 0.1) is 18.0 Å². The van der Waals surface area contributed by atoms with Gasteiger partial charge in [-0.2, -0.15) is 5.01 Å². The van der Waals surface area contributed by atoms with E-state index in [0.29, 0.717) is 5.56 Å². The van der Waals surface area contributed by atoms with Crippen molar-refractivity contribution in [1.29, 1.82) is 0 Å². The van der Waals surface area contributed by atoms with E-state index in [2.05, 4.69) is 17.4 Å². The molecular weight excluding hydrogens is 492 g/mol. The molecule has 6 rings (SSSR count). The van der Waals surface area contributed by atoms with Crippen molar-refractivity contribution in [2.24, 2.45) is 5.92 Å². The Labute approximate surface area is 227 Å². The minimum absolute atomic E-state index is 0.298. The monoisotopic (exact) mass is 522 g/mol. The van der Waals surface area contributed by atoms with Crippen LogP contribution in [0.5, 0.6) is 0 Å². The van der Waals surface area contributed by atoms with E-state index in [0.717, 1.165) is 32.7 Å². The van der Waals surface area contributed by atoms with Crippen LogP contribution in [0.4, 0.5) is 0 Å². The minimum atomic E-state index is -0.968. The Hall–Kier alpha value is -4.30. The van der Waals surface area contributed by atoms with Crippen LogP contribution in [0.15, 0.2) is 72.8 Å². The van der Waals surface area contributed by atoms with Crippen LogP contribution in [-0.2, 0) is 14.4 Å². The molecule has 0 bridgehead atoms. The minimum Gasteiger partial charge on any atom is -0.338 e. The van der Waals surface area contributed by atoms with Crippen molar-refractivity contribution >= 4 is 23.6 Å². The van der Waals surface area contributed by atoms with E-state index in [1.807, 2.05) is 62.2 Å². The van der Waals surface area contributed by atoms with Gasteiger partial charge in [0.2, 0.25) is 5.91 Å². The summed E-state index contributed by atoms with van der Waals surface area (Å²) in [5, 5.41) is 6.33. The number of hydrogen-bond donors (Lipinski definition) is 1. The van der Waals surface area contributed by atoms with Gasteiger partial charge in [-0.25, -0.2) is 0 Å². The fourth-order valence-electron chi connectivity index (χ4n) is 6.73. The Bertz CT molecular complexity index is 1480. The second-order valence-corrected chi connectivity index (χ2v) is 10.7. The number of carbonyl (C=O) groups excluding carboxylic acids is 4. The van der Waals surface area contributed by atoms with Crippen molar-refractivity contribution in [3.8, 4) is 0 Å². The first-order valence-electron chi connectivity index (χ1n) is 13.1. The quantitative estimate of drug-likeness (QED) is 0.532. The third kappa shape index (κ3) is 3.70. The maximum Gasteiger partial charge on any atom is 0.262 e. The topological polar surface area (TPSA) is 90.0 Å². The normalized spacial score (nSPS) is 26.3. The molecule has 8 nitrogen and oxygen atoms in total. The van der Waals surface area contributed by atoms with Gasteiger partial charge in [-0.1, -0.05) is 66.2 Å². The molecule has 0 radical (unpaired) electrons. The summed E-state index contributed by atoms with van der Waals surface area (Å²) in [6.07, 6.45) is 0. The fraction of sp³-hybridized carbons (Fsp3) is 0.290. The van der Waals surface area contributed by atoms with Gasteiger partial charge in [-0.3, -0.25) is 29.1 Å². The number of aryl methyl sites for hydroxylation is 3. The molecule has 3 aromatic rings. The van der Waals surface area contributed by atoms with Crippen LogP contribution in [0.3, 0.4) is 0 Å². The van der Waals surface area contributed by atoms with Crippen molar-refractivity contribution in [2.45, 2.75) is 44.9 Å². The molecule has 5 atom stereocenters. The van der Waals surface area contributed by atoms with Crippen molar-refractivity contribution < 1.29 is 19.2 Å². The molecule has 1 N–H and O–H groups in total. The van der Waals surface area contributed by atoms with E-state index in [9.17, 15) is 19.2 Å².